The van der Waals surface area contributed by atoms with Gasteiger partial charge in [0.2, 0.25) is 0 Å². The van der Waals surface area contributed by atoms with E-state index >= 15 is 0 Å². The minimum atomic E-state index is -4.67. The first kappa shape index (κ1) is 24.1. The fraction of sp³-hybridized carbons (Fsp3) is 0.500. The van der Waals surface area contributed by atoms with E-state index in [-0.39, 0.29) is 5.75 Å². The van der Waals surface area contributed by atoms with Gasteiger partial charge in [-0.2, -0.15) is 0 Å². The van der Waals surface area contributed by atoms with Crippen LogP contribution >= 0.6 is 11.8 Å². The largest absolute Gasteiger partial charge is 0.573 e. The van der Waals surface area contributed by atoms with Crippen LogP contribution in [0.1, 0.15) is 18.4 Å². The lowest BCUT2D eigenvalue weighted by Crippen LogP contribution is -2.35. The van der Waals surface area contributed by atoms with Crippen LogP contribution in [0.15, 0.2) is 46.2 Å². The van der Waals surface area contributed by atoms with E-state index in [2.05, 4.69) is 24.7 Å². The molecule has 2 fully saturated rings. The van der Waals surface area contributed by atoms with Gasteiger partial charge in [-0.15, -0.1) is 23.4 Å². The van der Waals surface area contributed by atoms with Gasteiger partial charge in [0.1, 0.15) is 5.75 Å². The second-order valence-electron chi connectivity index (χ2n) is 9.11. The summed E-state index contributed by atoms with van der Waals surface area (Å²) in [6.07, 6.45) is -0.867. The van der Waals surface area contributed by atoms with E-state index < -0.39 is 6.36 Å². The quantitative estimate of drug-likeness (QED) is 0.315. The summed E-state index contributed by atoms with van der Waals surface area (Å²) >= 11 is 1.70. The molecule has 2 saturated heterocycles. The maximum Gasteiger partial charge on any atom is 0.573 e. The molecule has 0 spiro atoms. The molecule has 5 rings (SSSR count). The van der Waals surface area contributed by atoms with Crippen LogP contribution in [0.2, 0.25) is 0 Å². The highest BCUT2D eigenvalue weighted by atomic mass is 32.2. The van der Waals surface area contributed by atoms with Crippen molar-refractivity contribution < 1.29 is 22.3 Å². The summed E-state index contributed by atoms with van der Waals surface area (Å²) in [5.74, 6) is 2.84. The number of ether oxygens (including phenoxy) is 1. The monoisotopic (exact) mass is 507 g/mol. The zero-order valence-electron chi connectivity index (χ0n) is 19.7. The Hall–Kier alpha value is -2.66. The van der Waals surface area contributed by atoms with Gasteiger partial charge in [0.25, 0.3) is 0 Å². The Labute approximate surface area is 206 Å². The molecule has 0 bridgehead atoms. The Kier molecular flexibility index (Phi) is 6.71. The first-order valence-corrected chi connectivity index (χ1v) is 12.7. The Morgan fingerprint density at radius 3 is 2.66 bits per heavy atom. The van der Waals surface area contributed by atoms with Gasteiger partial charge in [-0.05, 0) is 68.1 Å². The number of likely N-dealkylation sites (tertiary alicyclic amines) is 1. The number of anilines is 1. The molecule has 2 aliphatic rings. The molecule has 2 unspecified atom stereocenters. The standard InChI is InChI=1S/C24H28F3N5O2S/c1-16-9-12-33-21(16)22-28-29-23(30(22)2)35-13-3-10-31-14-17-8-11-32(20(17)15-31)18-4-6-19(7-5-18)34-24(25,26)27/h4-7,9,12,17,20H,3,8,10-11,13-15H2,1-2H3. The number of thioether (sulfide) groups is 1. The number of rotatable bonds is 8. The molecule has 2 aliphatic heterocycles. The molecule has 1 aromatic carbocycles. The number of aromatic nitrogens is 3. The summed E-state index contributed by atoms with van der Waals surface area (Å²) in [5, 5.41) is 9.49. The van der Waals surface area contributed by atoms with E-state index in [9.17, 15) is 13.2 Å². The highest BCUT2D eigenvalue weighted by molar-refractivity contribution is 7.99. The predicted octanol–water partition coefficient (Wildman–Crippen LogP) is 4.98. The Morgan fingerprint density at radius 1 is 1.14 bits per heavy atom. The van der Waals surface area contributed by atoms with E-state index in [1.807, 2.05) is 24.6 Å². The van der Waals surface area contributed by atoms with E-state index in [4.69, 9.17) is 4.42 Å². The first-order chi connectivity index (χ1) is 16.8. The molecular formula is C24H28F3N5O2S. The molecule has 35 heavy (non-hydrogen) atoms. The third-order valence-corrected chi connectivity index (χ3v) is 7.88. The third kappa shape index (κ3) is 5.30. The van der Waals surface area contributed by atoms with Crippen LogP contribution < -0.4 is 9.64 Å². The zero-order valence-corrected chi connectivity index (χ0v) is 20.5. The molecule has 2 aromatic heterocycles. The maximum absolute atomic E-state index is 12.4. The van der Waals surface area contributed by atoms with Crippen molar-refractivity contribution in [1.29, 1.82) is 0 Å². The SMILES string of the molecule is Cc1ccoc1-c1nnc(SCCCN2CC3CCN(c4ccc(OC(F)(F)F)cc4)C3C2)n1C. The van der Waals surface area contributed by atoms with Crippen LogP contribution in [0, 0.1) is 12.8 Å². The summed E-state index contributed by atoms with van der Waals surface area (Å²) < 4.78 is 48.8. The lowest BCUT2D eigenvalue weighted by Gasteiger charge is -2.27. The van der Waals surface area contributed by atoms with Crippen molar-refractivity contribution in [1.82, 2.24) is 19.7 Å². The smallest absolute Gasteiger partial charge is 0.461 e. The second kappa shape index (κ2) is 9.77. The van der Waals surface area contributed by atoms with Crippen molar-refractivity contribution in [2.45, 2.75) is 37.3 Å². The summed E-state index contributed by atoms with van der Waals surface area (Å²) in [4.78, 5) is 4.83. The Morgan fingerprint density at radius 2 is 1.94 bits per heavy atom. The summed E-state index contributed by atoms with van der Waals surface area (Å²) in [7, 11) is 1.96. The molecular weight excluding hydrogens is 479 g/mol. The molecule has 0 amide bonds. The fourth-order valence-corrected chi connectivity index (χ4v) is 5.92. The van der Waals surface area contributed by atoms with Crippen molar-refractivity contribution in [2.24, 2.45) is 13.0 Å². The van der Waals surface area contributed by atoms with E-state index in [0.717, 1.165) is 72.8 Å². The number of halogens is 3. The van der Waals surface area contributed by atoms with Gasteiger partial charge in [-0.25, -0.2) is 0 Å². The summed E-state index contributed by atoms with van der Waals surface area (Å²) in [6, 6.07) is 8.55. The number of furan rings is 1. The van der Waals surface area contributed by atoms with Gasteiger partial charge in [0.05, 0.1) is 6.26 Å². The van der Waals surface area contributed by atoms with Crippen LogP contribution in [0.4, 0.5) is 18.9 Å². The van der Waals surface area contributed by atoms with Crippen molar-refractivity contribution in [2.75, 3.05) is 36.8 Å². The van der Waals surface area contributed by atoms with Gasteiger partial charge in [0.15, 0.2) is 16.7 Å². The lowest BCUT2D eigenvalue weighted by molar-refractivity contribution is -0.274. The molecule has 0 N–H and O–H groups in total. The molecule has 188 valence electrons. The summed E-state index contributed by atoms with van der Waals surface area (Å²) in [5.41, 5.74) is 1.99. The Balaban J connectivity index is 1.10. The van der Waals surface area contributed by atoms with Gasteiger partial charge < -0.3 is 23.5 Å². The van der Waals surface area contributed by atoms with Crippen molar-refractivity contribution in [3.63, 3.8) is 0 Å². The van der Waals surface area contributed by atoms with Crippen LogP contribution in [-0.2, 0) is 7.05 Å². The fourth-order valence-electron chi connectivity index (χ4n) is 5.08. The molecule has 7 nitrogen and oxygen atoms in total. The minimum Gasteiger partial charge on any atom is -0.461 e. The third-order valence-electron chi connectivity index (χ3n) is 6.78. The average Bonchev–Trinajstić information content (AvgIpc) is 3.56. The van der Waals surface area contributed by atoms with Gasteiger partial charge in [-0.1, -0.05) is 11.8 Å². The normalized spacial score (nSPS) is 20.5. The molecule has 0 saturated carbocycles. The molecule has 3 aromatic rings. The van der Waals surface area contributed by atoms with Crippen molar-refractivity contribution >= 4 is 17.4 Å². The van der Waals surface area contributed by atoms with Gasteiger partial charge >= 0.3 is 6.36 Å². The van der Waals surface area contributed by atoms with Crippen LogP contribution in [0.25, 0.3) is 11.6 Å². The maximum atomic E-state index is 12.4. The number of hydrogen-bond donors (Lipinski definition) is 0. The molecule has 0 aliphatic carbocycles. The molecule has 11 heteroatoms. The number of aryl methyl sites for hydroxylation is 1. The molecule has 2 atom stereocenters. The number of fused-ring (bicyclic) bond motifs is 1. The lowest BCUT2D eigenvalue weighted by atomic mass is 10.1. The summed E-state index contributed by atoms with van der Waals surface area (Å²) in [6.45, 7) is 5.97. The highest BCUT2D eigenvalue weighted by Gasteiger charge is 2.41. The minimum absolute atomic E-state index is 0.183. The number of alkyl halides is 3. The van der Waals surface area contributed by atoms with E-state index in [1.54, 1.807) is 30.2 Å². The van der Waals surface area contributed by atoms with Crippen molar-refractivity contribution in [3.05, 3.63) is 42.2 Å². The van der Waals surface area contributed by atoms with E-state index in [1.165, 1.54) is 12.1 Å². The van der Waals surface area contributed by atoms with E-state index in [0.29, 0.717) is 12.0 Å². The molecule has 4 heterocycles. The number of hydrogen-bond acceptors (Lipinski definition) is 7. The number of benzene rings is 1. The number of nitrogens with zero attached hydrogens (tertiary/aromatic N) is 5. The zero-order chi connectivity index (χ0) is 24.6. The predicted molar refractivity (Wildman–Crippen MR) is 128 cm³/mol. The average molecular weight is 508 g/mol. The van der Waals surface area contributed by atoms with Gasteiger partial charge in [0, 0.05) is 44.2 Å². The Bertz CT molecular complexity index is 1150. The van der Waals surface area contributed by atoms with Crippen molar-refractivity contribution in [3.8, 4) is 17.3 Å². The molecule has 0 radical (unpaired) electrons. The van der Waals surface area contributed by atoms with Gasteiger partial charge in [-0.3, -0.25) is 0 Å². The van der Waals surface area contributed by atoms with Crippen LogP contribution in [-0.4, -0.2) is 64.0 Å². The van der Waals surface area contributed by atoms with Crippen LogP contribution in [0.3, 0.4) is 0 Å². The topological polar surface area (TPSA) is 59.6 Å². The second-order valence-corrected chi connectivity index (χ2v) is 10.2. The van der Waals surface area contributed by atoms with Crippen LogP contribution in [0.5, 0.6) is 5.75 Å². The first-order valence-electron chi connectivity index (χ1n) is 11.7. The highest BCUT2D eigenvalue weighted by Crippen LogP contribution is 2.36.